The quantitative estimate of drug-likeness (QED) is 0.626. The molecule has 0 amide bonds. The van der Waals surface area contributed by atoms with Gasteiger partial charge in [-0.25, -0.2) is 8.42 Å². The maximum absolute atomic E-state index is 12.2. The minimum absolute atomic E-state index is 0.169. The van der Waals surface area contributed by atoms with E-state index < -0.39 is 10.0 Å². The third kappa shape index (κ3) is 5.29. The lowest BCUT2D eigenvalue weighted by Crippen LogP contribution is -2.32. The second kappa shape index (κ2) is 8.29. The van der Waals surface area contributed by atoms with E-state index in [2.05, 4.69) is 19.2 Å². The zero-order valence-corrected chi connectivity index (χ0v) is 13.8. The summed E-state index contributed by atoms with van der Waals surface area (Å²) in [6.07, 6.45) is 1.20. The fourth-order valence-electron chi connectivity index (χ4n) is 2.32. The number of rotatable bonds is 9. The second-order valence-corrected chi connectivity index (χ2v) is 7.59. The Hall–Kier alpha value is -0.210. The number of nitrogens with one attached hydrogen (secondary N) is 1. The van der Waals surface area contributed by atoms with E-state index >= 15 is 0 Å². The first-order valence-electron chi connectivity index (χ1n) is 7.17. The van der Waals surface area contributed by atoms with Crippen LogP contribution in [0.5, 0.6) is 0 Å². The molecule has 1 heterocycles. The zero-order chi connectivity index (χ0) is 15.2. The van der Waals surface area contributed by atoms with Crippen molar-refractivity contribution in [2.24, 2.45) is 0 Å². The summed E-state index contributed by atoms with van der Waals surface area (Å²) in [5.74, 6) is 0.194. The van der Waals surface area contributed by atoms with Crippen LogP contribution in [0.2, 0.25) is 0 Å². The molecule has 120 valence electrons. The number of ether oxygens (including phenoxy) is 2. The minimum atomic E-state index is -3.20. The molecule has 1 aliphatic rings. The van der Waals surface area contributed by atoms with Crippen LogP contribution in [0.1, 0.15) is 26.7 Å². The summed E-state index contributed by atoms with van der Waals surface area (Å²) < 4.78 is 36.5. The highest BCUT2D eigenvalue weighted by molar-refractivity contribution is 7.89. The highest BCUT2D eigenvalue weighted by atomic mass is 32.2. The molecule has 0 bridgehead atoms. The molecule has 0 spiro atoms. The molecular weight excluding hydrogens is 280 g/mol. The van der Waals surface area contributed by atoms with E-state index in [4.69, 9.17) is 9.47 Å². The Balaban J connectivity index is 2.38. The first-order valence-corrected chi connectivity index (χ1v) is 8.78. The van der Waals surface area contributed by atoms with Crippen LogP contribution >= 0.6 is 0 Å². The Bertz CT molecular complexity index is 361. The molecular formula is C13H28N2O4S. The van der Waals surface area contributed by atoms with E-state index in [1.54, 1.807) is 14.2 Å². The molecule has 0 aromatic rings. The Morgan fingerprint density at radius 2 is 1.70 bits per heavy atom. The number of sulfonamides is 1. The molecule has 1 fully saturated rings. The summed E-state index contributed by atoms with van der Waals surface area (Å²) in [4.78, 5) is 0. The lowest BCUT2D eigenvalue weighted by atomic mass is 10.3. The maximum Gasteiger partial charge on any atom is 0.214 e. The summed E-state index contributed by atoms with van der Waals surface area (Å²) in [6.45, 7) is 5.80. The molecule has 0 saturated carbocycles. The summed E-state index contributed by atoms with van der Waals surface area (Å²) in [7, 11) is -0.0258. The van der Waals surface area contributed by atoms with Crippen LogP contribution in [-0.2, 0) is 19.5 Å². The summed E-state index contributed by atoms with van der Waals surface area (Å²) in [6, 6.07) is 0.440. The number of hydrogen-bond acceptors (Lipinski definition) is 5. The summed E-state index contributed by atoms with van der Waals surface area (Å²) in [5.41, 5.74) is 0. The number of unbranched alkanes of at least 4 members (excludes halogenated alkanes) is 1. The maximum atomic E-state index is 12.2. The van der Waals surface area contributed by atoms with Gasteiger partial charge in [0, 0.05) is 33.4 Å². The van der Waals surface area contributed by atoms with Gasteiger partial charge >= 0.3 is 0 Å². The fourth-order valence-corrected chi connectivity index (χ4v) is 3.90. The van der Waals surface area contributed by atoms with E-state index in [0.29, 0.717) is 25.6 Å². The normalized spacial score (nSPS) is 24.6. The van der Waals surface area contributed by atoms with Crippen molar-refractivity contribution in [2.45, 2.75) is 44.9 Å². The Labute approximate surface area is 122 Å². The van der Waals surface area contributed by atoms with E-state index in [0.717, 1.165) is 13.0 Å². The Morgan fingerprint density at radius 1 is 1.15 bits per heavy atom. The van der Waals surface area contributed by atoms with Gasteiger partial charge < -0.3 is 14.8 Å². The molecule has 7 heteroatoms. The van der Waals surface area contributed by atoms with Crippen LogP contribution in [-0.4, -0.2) is 70.6 Å². The van der Waals surface area contributed by atoms with Crippen LogP contribution in [0.15, 0.2) is 0 Å². The third-order valence-corrected chi connectivity index (χ3v) is 5.45. The molecule has 1 saturated heterocycles. The van der Waals surface area contributed by atoms with Gasteiger partial charge in [-0.3, -0.25) is 0 Å². The molecule has 2 atom stereocenters. The van der Waals surface area contributed by atoms with Gasteiger partial charge in [-0.1, -0.05) is 13.8 Å². The van der Waals surface area contributed by atoms with Gasteiger partial charge in [0.1, 0.15) is 0 Å². The van der Waals surface area contributed by atoms with Gasteiger partial charge in [-0.15, -0.1) is 0 Å². The van der Waals surface area contributed by atoms with Crippen molar-refractivity contribution < 1.29 is 17.9 Å². The molecule has 0 aromatic heterocycles. The Morgan fingerprint density at radius 3 is 2.15 bits per heavy atom. The standard InChI is InChI=1S/C13H28N2O4S/c1-11(2)14-7-5-6-8-20(16,17)15-9-12(18-3)13(10-15)19-4/h11-14H,5-10H2,1-4H3. The van der Waals surface area contributed by atoms with Crippen molar-refractivity contribution in [3.63, 3.8) is 0 Å². The molecule has 1 aliphatic heterocycles. The van der Waals surface area contributed by atoms with E-state index in [1.807, 2.05) is 0 Å². The second-order valence-electron chi connectivity index (χ2n) is 5.50. The first kappa shape index (κ1) is 17.8. The van der Waals surface area contributed by atoms with Crippen molar-refractivity contribution in [3.05, 3.63) is 0 Å². The lowest BCUT2D eigenvalue weighted by Gasteiger charge is -2.16. The summed E-state index contributed by atoms with van der Waals surface area (Å²) >= 11 is 0. The molecule has 0 radical (unpaired) electrons. The van der Waals surface area contributed by atoms with Crippen molar-refractivity contribution in [3.8, 4) is 0 Å². The number of nitrogens with zero attached hydrogens (tertiary/aromatic N) is 1. The van der Waals surface area contributed by atoms with Gasteiger partial charge in [0.2, 0.25) is 10.0 Å². The van der Waals surface area contributed by atoms with E-state index in [-0.39, 0.29) is 18.0 Å². The highest BCUT2D eigenvalue weighted by Crippen LogP contribution is 2.19. The van der Waals surface area contributed by atoms with Gasteiger partial charge in [0.05, 0.1) is 18.0 Å². The smallest absolute Gasteiger partial charge is 0.214 e. The number of hydrogen-bond donors (Lipinski definition) is 1. The largest absolute Gasteiger partial charge is 0.377 e. The lowest BCUT2D eigenvalue weighted by molar-refractivity contribution is -0.00461. The third-order valence-electron chi connectivity index (χ3n) is 3.56. The first-order chi connectivity index (χ1) is 9.40. The van der Waals surface area contributed by atoms with Crippen LogP contribution in [0.25, 0.3) is 0 Å². The molecule has 0 aliphatic carbocycles. The molecule has 2 unspecified atom stereocenters. The minimum Gasteiger partial charge on any atom is -0.377 e. The molecule has 20 heavy (non-hydrogen) atoms. The summed E-state index contributed by atoms with van der Waals surface area (Å²) in [5, 5.41) is 3.29. The van der Waals surface area contributed by atoms with Gasteiger partial charge in [-0.2, -0.15) is 4.31 Å². The van der Waals surface area contributed by atoms with E-state index in [1.165, 1.54) is 4.31 Å². The molecule has 6 nitrogen and oxygen atoms in total. The SMILES string of the molecule is COC1CN(S(=O)(=O)CCCCNC(C)C)CC1OC. The zero-order valence-electron chi connectivity index (χ0n) is 13.0. The van der Waals surface area contributed by atoms with Crippen molar-refractivity contribution in [1.29, 1.82) is 0 Å². The molecule has 0 aromatic carbocycles. The van der Waals surface area contributed by atoms with Crippen molar-refractivity contribution in [1.82, 2.24) is 9.62 Å². The predicted octanol–water partition coefficient (Wildman–Crippen LogP) is 0.440. The molecule has 1 rings (SSSR count). The average molecular weight is 308 g/mol. The van der Waals surface area contributed by atoms with Crippen molar-refractivity contribution in [2.75, 3.05) is 39.6 Å². The van der Waals surface area contributed by atoms with Gasteiger partial charge in [0.25, 0.3) is 0 Å². The van der Waals surface area contributed by atoms with E-state index in [9.17, 15) is 8.42 Å². The van der Waals surface area contributed by atoms with Crippen LogP contribution in [0, 0.1) is 0 Å². The predicted molar refractivity (Wildman–Crippen MR) is 79.3 cm³/mol. The topological polar surface area (TPSA) is 67.9 Å². The average Bonchev–Trinajstić information content (AvgIpc) is 2.81. The highest BCUT2D eigenvalue weighted by Gasteiger charge is 2.38. The molecule has 1 N–H and O–H groups in total. The van der Waals surface area contributed by atoms with Crippen molar-refractivity contribution >= 4 is 10.0 Å². The van der Waals surface area contributed by atoms with Crippen LogP contribution < -0.4 is 5.32 Å². The number of methoxy groups -OCH3 is 2. The van der Waals surface area contributed by atoms with Crippen LogP contribution in [0.4, 0.5) is 0 Å². The van der Waals surface area contributed by atoms with Crippen LogP contribution in [0.3, 0.4) is 0 Å². The Kier molecular flexibility index (Phi) is 7.39. The monoisotopic (exact) mass is 308 g/mol. The van der Waals surface area contributed by atoms with Gasteiger partial charge in [-0.05, 0) is 19.4 Å². The van der Waals surface area contributed by atoms with Gasteiger partial charge in [0.15, 0.2) is 0 Å². The fraction of sp³-hybridized carbons (Fsp3) is 1.00.